The lowest BCUT2D eigenvalue weighted by Crippen LogP contribution is -2.51. The Morgan fingerprint density at radius 1 is 1.04 bits per heavy atom. The van der Waals surface area contributed by atoms with Crippen LogP contribution in [0.4, 0.5) is 0 Å². The van der Waals surface area contributed by atoms with Crippen LogP contribution in [0.1, 0.15) is 51.0 Å². The maximum Gasteiger partial charge on any atom is 0.166 e. The number of piperidine rings is 1. The van der Waals surface area contributed by atoms with Gasteiger partial charge in [0.2, 0.25) is 0 Å². The van der Waals surface area contributed by atoms with E-state index in [2.05, 4.69) is 52.8 Å². The van der Waals surface area contributed by atoms with Gasteiger partial charge in [0.15, 0.2) is 5.11 Å². The molecular formula is C20H31N3S. The Morgan fingerprint density at radius 3 is 2.46 bits per heavy atom. The van der Waals surface area contributed by atoms with Crippen LogP contribution in [0, 0.1) is 5.92 Å². The number of likely N-dealkylation sites (tertiary alicyclic amines) is 1. The summed E-state index contributed by atoms with van der Waals surface area (Å²) in [7, 11) is 0. The van der Waals surface area contributed by atoms with E-state index in [1.807, 2.05) is 0 Å². The van der Waals surface area contributed by atoms with Crippen molar-refractivity contribution in [2.75, 3.05) is 13.1 Å². The average Bonchev–Trinajstić information content (AvgIpc) is 2.60. The van der Waals surface area contributed by atoms with Gasteiger partial charge in [-0.2, -0.15) is 0 Å². The van der Waals surface area contributed by atoms with E-state index in [9.17, 15) is 0 Å². The van der Waals surface area contributed by atoms with E-state index in [4.69, 9.17) is 12.2 Å². The standard InChI is InChI=1S/C20H31N3S/c1-16-7-5-6-10-19(16)22-20(24)21-18-11-13-23(14-12-18)15-17-8-3-2-4-9-17/h2-4,8-9,16,18-19H,5-7,10-15H2,1H3,(H2,21,22,24)/t16-,19-/m1/s1. The molecule has 0 radical (unpaired) electrons. The van der Waals surface area contributed by atoms with Gasteiger partial charge in [0, 0.05) is 31.7 Å². The zero-order valence-corrected chi connectivity index (χ0v) is 15.7. The second-order valence-electron chi connectivity index (χ2n) is 7.52. The monoisotopic (exact) mass is 345 g/mol. The van der Waals surface area contributed by atoms with Crippen LogP contribution >= 0.6 is 12.2 Å². The van der Waals surface area contributed by atoms with Gasteiger partial charge >= 0.3 is 0 Å². The Bertz CT molecular complexity index is 511. The molecule has 132 valence electrons. The lowest BCUT2D eigenvalue weighted by atomic mass is 9.86. The minimum absolute atomic E-state index is 0.524. The zero-order chi connectivity index (χ0) is 16.8. The summed E-state index contributed by atoms with van der Waals surface area (Å²) in [5.74, 6) is 0.742. The maximum atomic E-state index is 5.57. The van der Waals surface area contributed by atoms with Crippen LogP contribution in [0.2, 0.25) is 0 Å². The van der Waals surface area contributed by atoms with E-state index >= 15 is 0 Å². The van der Waals surface area contributed by atoms with Crippen molar-refractivity contribution in [1.29, 1.82) is 0 Å². The molecule has 0 unspecified atom stereocenters. The van der Waals surface area contributed by atoms with E-state index in [1.165, 1.54) is 44.1 Å². The van der Waals surface area contributed by atoms with Gasteiger partial charge in [-0.25, -0.2) is 0 Å². The third-order valence-electron chi connectivity index (χ3n) is 5.60. The second kappa shape index (κ2) is 8.82. The molecule has 24 heavy (non-hydrogen) atoms. The van der Waals surface area contributed by atoms with Crippen molar-refractivity contribution in [2.45, 2.75) is 64.1 Å². The second-order valence-corrected chi connectivity index (χ2v) is 7.93. The van der Waals surface area contributed by atoms with E-state index in [0.717, 1.165) is 30.7 Å². The van der Waals surface area contributed by atoms with Crippen LogP contribution in [-0.4, -0.2) is 35.2 Å². The Hall–Kier alpha value is -1.13. The van der Waals surface area contributed by atoms with Gasteiger partial charge in [-0.05, 0) is 49.4 Å². The molecule has 2 N–H and O–H groups in total. The van der Waals surface area contributed by atoms with Gasteiger partial charge in [0.25, 0.3) is 0 Å². The Balaban J connectivity index is 1.38. The van der Waals surface area contributed by atoms with Crippen LogP contribution < -0.4 is 10.6 Å². The molecule has 1 aromatic rings. The van der Waals surface area contributed by atoms with Crippen LogP contribution in [-0.2, 0) is 6.54 Å². The molecule has 0 bridgehead atoms. The molecular weight excluding hydrogens is 314 g/mol. The summed E-state index contributed by atoms with van der Waals surface area (Å²) in [6.07, 6.45) is 7.66. The van der Waals surface area contributed by atoms with Crippen molar-refractivity contribution in [1.82, 2.24) is 15.5 Å². The molecule has 1 heterocycles. The normalized spacial score (nSPS) is 26.0. The topological polar surface area (TPSA) is 27.3 Å². The molecule has 0 aromatic heterocycles. The number of benzene rings is 1. The smallest absolute Gasteiger partial charge is 0.166 e. The quantitative estimate of drug-likeness (QED) is 0.814. The van der Waals surface area contributed by atoms with Crippen LogP contribution in [0.25, 0.3) is 0 Å². The van der Waals surface area contributed by atoms with Gasteiger partial charge in [0.05, 0.1) is 0 Å². The molecule has 1 aromatic carbocycles. The Kier molecular flexibility index (Phi) is 6.50. The van der Waals surface area contributed by atoms with Crippen molar-refractivity contribution in [3.63, 3.8) is 0 Å². The Morgan fingerprint density at radius 2 is 1.75 bits per heavy atom. The number of thiocarbonyl (C=S) groups is 1. The van der Waals surface area contributed by atoms with Crippen molar-refractivity contribution < 1.29 is 0 Å². The molecule has 1 aliphatic heterocycles. The molecule has 2 atom stereocenters. The van der Waals surface area contributed by atoms with Crippen molar-refractivity contribution in [2.24, 2.45) is 5.92 Å². The van der Waals surface area contributed by atoms with E-state index in [0.29, 0.717) is 12.1 Å². The first-order valence-electron chi connectivity index (χ1n) is 9.54. The number of nitrogens with zero attached hydrogens (tertiary/aromatic N) is 1. The summed E-state index contributed by atoms with van der Waals surface area (Å²) in [6, 6.07) is 11.9. The molecule has 2 aliphatic rings. The fourth-order valence-corrected chi connectivity index (χ4v) is 4.32. The Labute approximate surface area is 152 Å². The number of nitrogens with one attached hydrogen (secondary N) is 2. The molecule has 0 spiro atoms. The van der Waals surface area contributed by atoms with Gasteiger partial charge in [-0.15, -0.1) is 0 Å². The van der Waals surface area contributed by atoms with Crippen molar-refractivity contribution >= 4 is 17.3 Å². The van der Waals surface area contributed by atoms with Gasteiger partial charge in [-0.3, -0.25) is 4.90 Å². The number of hydrogen-bond acceptors (Lipinski definition) is 2. The highest BCUT2D eigenvalue weighted by Gasteiger charge is 2.24. The summed E-state index contributed by atoms with van der Waals surface area (Å²) in [4.78, 5) is 2.55. The minimum Gasteiger partial charge on any atom is -0.360 e. The largest absolute Gasteiger partial charge is 0.360 e. The molecule has 3 rings (SSSR count). The third kappa shape index (κ3) is 5.18. The summed E-state index contributed by atoms with van der Waals surface area (Å²) >= 11 is 5.57. The van der Waals surface area contributed by atoms with Crippen molar-refractivity contribution in [3.05, 3.63) is 35.9 Å². The minimum atomic E-state index is 0.524. The molecule has 1 saturated heterocycles. The first-order valence-corrected chi connectivity index (χ1v) is 9.95. The van der Waals surface area contributed by atoms with Gasteiger partial charge in [-0.1, -0.05) is 50.1 Å². The molecule has 1 aliphatic carbocycles. The lowest BCUT2D eigenvalue weighted by Gasteiger charge is -2.35. The van der Waals surface area contributed by atoms with Crippen molar-refractivity contribution in [3.8, 4) is 0 Å². The summed E-state index contributed by atoms with van der Waals surface area (Å²) in [6.45, 7) is 5.71. The zero-order valence-electron chi connectivity index (χ0n) is 14.8. The highest BCUT2D eigenvalue weighted by molar-refractivity contribution is 7.80. The van der Waals surface area contributed by atoms with Gasteiger partial charge < -0.3 is 10.6 Å². The van der Waals surface area contributed by atoms with E-state index in [-0.39, 0.29) is 0 Å². The van der Waals surface area contributed by atoms with E-state index < -0.39 is 0 Å². The fraction of sp³-hybridized carbons (Fsp3) is 0.650. The molecule has 1 saturated carbocycles. The van der Waals surface area contributed by atoms with Crippen LogP contribution in [0.3, 0.4) is 0 Å². The molecule has 3 nitrogen and oxygen atoms in total. The summed E-state index contributed by atoms with van der Waals surface area (Å²) in [5, 5.41) is 8.01. The average molecular weight is 346 g/mol. The maximum absolute atomic E-state index is 5.57. The highest BCUT2D eigenvalue weighted by atomic mass is 32.1. The number of rotatable bonds is 4. The first-order chi connectivity index (χ1) is 11.7. The third-order valence-corrected chi connectivity index (χ3v) is 5.84. The van der Waals surface area contributed by atoms with Crippen LogP contribution in [0.15, 0.2) is 30.3 Å². The predicted octanol–water partition coefficient (Wildman–Crippen LogP) is 3.69. The highest BCUT2D eigenvalue weighted by Crippen LogP contribution is 2.23. The first kappa shape index (κ1) is 17.7. The SMILES string of the molecule is C[C@@H]1CCCC[C@H]1NC(=S)NC1CCN(Cc2ccccc2)CC1. The van der Waals surface area contributed by atoms with E-state index in [1.54, 1.807) is 0 Å². The number of hydrogen-bond donors (Lipinski definition) is 2. The predicted molar refractivity (Wildman–Crippen MR) is 105 cm³/mol. The van der Waals surface area contributed by atoms with Crippen LogP contribution in [0.5, 0.6) is 0 Å². The fourth-order valence-electron chi connectivity index (χ4n) is 4.00. The lowest BCUT2D eigenvalue weighted by molar-refractivity contribution is 0.198. The molecule has 4 heteroatoms. The molecule has 2 fully saturated rings. The summed E-state index contributed by atoms with van der Waals surface area (Å²) in [5.41, 5.74) is 1.41. The summed E-state index contributed by atoms with van der Waals surface area (Å²) < 4.78 is 0. The molecule has 0 amide bonds. The van der Waals surface area contributed by atoms with Gasteiger partial charge in [0.1, 0.15) is 0 Å².